The average molecular weight is 324 g/mol. The molecular formula is C8H3ClFIN2O. The summed E-state index contributed by atoms with van der Waals surface area (Å²) in [5.41, 5.74) is 0.673. The number of rotatable bonds is 1. The molecule has 0 saturated heterocycles. The maximum absolute atomic E-state index is 12.8. The summed E-state index contributed by atoms with van der Waals surface area (Å²) in [5.74, 6) is -0.0110. The molecule has 6 heteroatoms. The Morgan fingerprint density at radius 1 is 1.36 bits per heavy atom. The molecule has 0 aliphatic heterocycles. The Balaban J connectivity index is 2.52. The SMILES string of the molecule is Fc1ccc(-c2nnc(Cl)o2)c(I)c1. The number of nitrogens with zero attached hydrogens (tertiary/aromatic N) is 2. The van der Waals surface area contributed by atoms with E-state index in [0.29, 0.717) is 15.0 Å². The second-order valence-electron chi connectivity index (χ2n) is 2.48. The number of halogens is 3. The van der Waals surface area contributed by atoms with Gasteiger partial charge in [0.1, 0.15) is 5.82 Å². The van der Waals surface area contributed by atoms with Crippen molar-refractivity contribution in [2.75, 3.05) is 0 Å². The van der Waals surface area contributed by atoms with Crippen LogP contribution >= 0.6 is 34.2 Å². The molecule has 1 aromatic heterocycles. The second-order valence-corrected chi connectivity index (χ2v) is 3.97. The first-order valence-corrected chi connectivity index (χ1v) is 5.07. The van der Waals surface area contributed by atoms with Crippen molar-refractivity contribution < 1.29 is 8.81 Å². The topological polar surface area (TPSA) is 38.9 Å². The number of hydrogen-bond acceptors (Lipinski definition) is 3. The van der Waals surface area contributed by atoms with E-state index in [9.17, 15) is 4.39 Å². The first kappa shape index (κ1) is 9.85. The molecule has 72 valence electrons. The number of benzene rings is 1. The fourth-order valence-electron chi connectivity index (χ4n) is 0.977. The highest BCUT2D eigenvalue weighted by molar-refractivity contribution is 14.1. The Bertz CT molecular complexity index is 474. The maximum atomic E-state index is 12.8. The summed E-state index contributed by atoms with van der Waals surface area (Å²) in [5, 5.41) is 7.18. The summed E-state index contributed by atoms with van der Waals surface area (Å²) < 4.78 is 18.5. The monoisotopic (exact) mass is 324 g/mol. The largest absolute Gasteiger partial charge is 0.407 e. The van der Waals surface area contributed by atoms with Gasteiger partial charge in [-0.15, -0.1) is 5.10 Å². The van der Waals surface area contributed by atoms with E-state index in [-0.39, 0.29) is 11.2 Å². The van der Waals surface area contributed by atoms with E-state index >= 15 is 0 Å². The van der Waals surface area contributed by atoms with E-state index in [2.05, 4.69) is 10.2 Å². The van der Waals surface area contributed by atoms with Crippen molar-refractivity contribution in [1.29, 1.82) is 0 Å². The van der Waals surface area contributed by atoms with Crippen molar-refractivity contribution >= 4 is 34.2 Å². The minimum Gasteiger partial charge on any atom is -0.407 e. The Labute approximate surface area is 97.4 Å². The minimum atomic E-state index is -0.302. The molecule has 14 heavy (non-hydrogen) atoms. The molecule has 2 rings (SSSR count). The lowest BCUT2D eigenvalue weighted by Gasteiger charge is -1.97. The second kappa shape index (κ2) is 3.82. The van der Waals surface area contributed by atoms with Gasteiger partial charge in [-0.05, 0) is 52.4 Å². The van der Waals surface area contributed by atoms with E-state index in [1.54, 1.807) is 6.07 Å². The Hall–Kier alpha value is -0.690. The van der Waals surface area contributed by atoms with E-state index in [0.717, 1.165) is 0 Å². The van der Waals surface area contributed by atoms with E-state index in [4.69, 9.17) is 16.0 Å². The molecule has 2 aromatic rings. The van der Waals surface area contributed by atoms with Crippen LogP contribution in [0.25, 0.3) is 11.5 Å². The molecule has 0 bridgehead atoms. The Morgan fingerprint density at radius 2 is 2.14 bits per heavy atom. The lowest BCUT2D eigenvalue weighted by Crippen LogP contribution is -1.84. The molecule has 0 radical (unpaired) electrons. The van der Waals surface area contributed by atoms with Gasteiger partial charge in [0.2, 0.25) is 5.89 Å². The van der Waals surface area contributed by atoms with Gasteiger partial charge in [0.25, 0.3) is 0 Å². The smallest absolute Gasteiger partial charge is 0.313 e. The average Bonchev–Trinajstić information content (AvgIpc) is 2.51. The van der Waals surface area contributed by atoms with Crippen molar-refractivity contribution in [3.05, 3.63) is 32.9 Å². The van der Waals surface area contributed by atoms with Crippen LogP contribution in [0.4, 0.5) is 4.39 Å². The van der Waals surface area contributed by atoms with Gasteiger partial charge >= 0.3 is 5.35 Å². The zero-order valence-electron chi connectivity index (χ0n) is 6.67. The van der Waals surface area contributed by atoms with Crippen LogP contribution in [0.2, 0.25) is 5.35 Å². The summed E-state index contributed by atoms with van der Waals surface area (Å²) in [6.45, 7) is 0. The Morgan fingerprint density at radius 3 is 2.71 bits per heavy atom. The first-order valence-electron chi connectivity index (χ1n) is 3.61. The zero-order valence-corrected chi connectivity index (χ0v) is 9.58. The van der Waals surface area contributed by atoms with E-state index in [1.807, 2.05) is 22.6 Å². The van der Waals surface area contributed by atoms with Crippen molar-refractivity contribution in [2.45, 2.75) is 0 Å². The van der Waals surface area contributed by atoms with Gasteiger partial charge in [-0.2, -0.15) is 0 Å². The fraction of sp³-hybridized carbons (Fsp3) is 0. The van der Waals surface area contributed by atoms with Crippen LogP contribution in [0, 0.1) is 9.39 Å². The van der Waals surface area contributed by atoms with Gasteiger partial charge in [0, 0.05) is 3.57 Å². The van der Waals surface area contributed by atoms with Crippen LogP contribution in [0.1, 0.15) is 0 Å². The summed E-state index contributed by atoms with van der Waals surface area (Å²) >= 11 is 7.47. The number of aromatic nitrogens is 2. The molecule has 0 unspecified atom stereocenters. The molecule has 0 aliphatic rings. The molecule has 3 nitrogen and oxygen atoms in total. The fourth-order valence-corrected chi connectivity index (χ4v) is 1.80. The molecule has 0 spiro atoms. The van der Waals surface area contributed by atoms with Crippen LogP contribution in [0.3, 0.4) is 0 Å². The lowest BCUT2D eigenvalue weighted by atomic mass is 10.2. The van der Waals surface area contributed by atoms with Crippen molar-refractivity contribution in [3.8, 4) is 11.5 Å². The summed E-state index contributed by atoms with van der Waals surface area (Å²) in [6.07, 6.45) is 0. The summed E-state index contributed by atoms with van der Waals surface area (Å²) in [6, 6.07) is 4.28. The van der Waals surface area contributed by atoms with Crippen LogP contribution < -0.4 is 0 Å². The normalized spacial score (nSPS) is 10.5. The molecule has 0 amide bonds. The van der Waals surface area contributed by atoms with Crippen molar-refractivity contribution in [2.24, 2.45) is 0 Å². The maximum Gasteiger partial charge on any atom is 0.313 e. The minimum absolute atomic E-state index is 0.0277. The number of hydrogen-bond donors (Lipinski definition) is 0. The van der Waals surface area contributed by atoms with Crippen LogP contribution in [-0.4, -0.2) is 10.2 Å². The third-order valence-electron chi connectivity index (χ3n) is 1.56. The van der Waals surface area contributed by atoms with Crippen LogP contribution in [-0.2, 0) is 0 Å². The van der Waals surface area contributed by atoms with Crippen molar-refractivity contribution in [3.63, 3.8) is 0 Å². The molecular weight excluding hydrogens is 321 g/mol. The quantitative estimate of drug-likeness (QED) is 0.757. The highest BCUT2D eigenvalue weighted by Crippen LogP contribution is 2.25. The summed E-state index contributed by atoms with van der Waals surface area (Å²) in [7, 11) is 0. The lowest BCUT2D eigenvalue weighted by molar-refractivity contribution is 0.570. The standard InChI is InChI=1S/C8H3ClFIN2O/c9-8-13-12-7(14-8)5-2-1-4(10)3-6(5)11/h1-3H. The third kappa shape index (κ3) is 1.88. The van der Waals surface area contributed by atoms with Gasteiger partial charge in [-0.25, -0.2) is 4.39 Å². The van der Waals surface area contributed by atoms with Gasteiger partial charge in [0.15, 0.2) is 0 Å². The zero-order chi connectivity index (χ0) is 10.1. The first-order chi connectivity index (χ1) is 6.66. The molecule has 1 aromatic carbocycles. The molecule has 0 fully saturated rings. The van der Waals surface area contributed by atoms with Crippen LogP contribution in [0.15, 0.2) is 22.6 Å². The third-order valence-corrected chi connectivity index (χ3v) is 2.61. The molecule has 0 saturated carbocycles. The predicted molar refractivity (Wildman–Crippen MR) is 57.4 cm³/mol. The van der Waals surface area contributed by atoms with Gasteiger partial charge in [0.05, 0.1) is 5.56 Å². The highest BCUT2D eigenvalue weighted by atomic mass is 127. The van der Waals surface area contributed by atoms with E-state index < -0.39 is 0 Å². The predicted octanol–water partition coefficient (Wildman–Crippen LogP) is 3.13. The van der Waals surface area contributed by atoms with Gasteiger partial charge in [-0.1, -0.05) is 5.10 Å². The molecule has 1 heterocycles. The highest BCUT2D eigenvalue weighted by Gasteiger charge is 2.10. The van der Waals surface area contributed by atoms with Gasteiger partial charge in [-0.3, -0.25) is 0 Å². The summed E-state index contributed by atoms with van der Waals surface area (Å²) in [4.78, 5) is 0. The van der Waals surface area contributed by atoms with E-state index in [1.165, 1.54) is 12.1 Å². The molecule has 0 N–H and O–H groups in total. The molecule has 0 aliphatic carbocycles. The molecule has 0 atom stereocenters. The van der Waals surface area contributed by atoms with Crippen LogP contribution in [0.5, 0.6) is 0 Å². The van der Waals surface area contributed by atoms with Crippen molar-refractivity contribution in [1.82, 2.24) is 10.2 Å². The Kier molecular flexibility index (Phi) is 2.69. The van der Waals surface area contributed by atoms with Gasteiger partial charge < -0.3 is 4.42 Å².